The first kappa shape index (κ1) is 12.2. The largest absolute Gasteiger partial charge is 0.371 e. The summed E-state index contributed by atoms with van der Waals surface area (Å²) in [5.41, 5.74) is 3.46. The Morgan fingerprint density at radius 1 is 1.32 bits per heavy atom. The molecule has 98 valence electrons. The van der Waals surface area contributed by atoms with Crippen molar-refractivity contribution < 1.29 is 0 Å². The Balaban J connectivity index is 1.82. The molecular formula is C14H16N4S. The van der Waals surface area contributed by atoms with Crippen molar-refractivity contribution in [1.29, 1.82) is 0 Å². The molecule has 19 heavy (non-hydrogen) atoms. The highest BCUT2D eigenvalue weighted by molar-refractivity contribution is 7.11. The van der Waals surface area contributed by atoms with Gasteiger partial charge in [-0.3, -0.25) is 4.68 Å². The van der Waals surface area contributed by atoms with Gasteiger partial charge in [0, 0.05) is 30.7 Å². The number of hydrogen-bond donors (Lipinski definition) is 1. The van der Waals surface area contributed by atoms with Crippen LogP contribution in [0.5, 0.6) is 0 Å². The summed E-state index contributed by atoms with van der Waals surface area (Å²) in [7, 11) is 1.96. The van der Waals surface area contributed by atoms with Crippen LogP contribution in [0.2, 0.25) is 0 Å². The molecule has 0 aliphatic heterocycles. The van der Waals surface area contributed by atoms with Gasteiger partial charge in [0.1, 0.15) is 5.00 Å². The number of anilines is 1. The summed E-state index contributed by atoms with van der Waals surface area (Å²) < 4.78 is 6.31. The van der Waals surface area contributed by atoms with E-state index in [0.717, 1.165) is 29.2 Å². The van der Waals surface area contributed by atoms with E-state index in [1.54, 1.807) is 0 Å². The summed E-state index contributed by atoms with van der Waals surface area (Å²) >= 11 is 1.51. The fraction of sp³-hybridized carbons (Fsp3) is 0.286. The van der Waals surface area contributed by atoms with Crippen molar-refractivity contribution in [2.24, 2.45) is 7.05 Å². The molecule has 0 spiro atoms. The zero-order valence-corrected chi connectivity index (χ0v) is 11.9. The maximum absolute atomic E-state index is 4.46. The molecule has 2 aromatic heterocycles. The van der Waals surface area contributed by atoms with E-state index in [4.69, 9.17) is 0 Å². The first-order valence-electron chi connectivity index (χ1n) is 6.37. The van der Waals surface area contributed by atoms with Gasteiger partial charge in [-0.1, -0.05) is 19.1 Å². The van der Waals surface area contributed by atoms with Crippen LogP contribution in [0.1, 0.15) is 18.2 Å². The second-order valence-electron chi connectivity index (χ2n) is 4.51. The summed E-state index contributed by atoms with van der Waals surface area (Å²) in [5.74, 6) is 0. The van der Waals surface area contributed by atoms with Gasteiger partial charge in [-0.2, -0.15) is 9.47 Å². The number of nitrogens with one attached hydrogen (secondary N) is 1. The maximum Gasteiger partial charge on any atom is 0.117 e. The highest BCUT2D eigenvalue weighted by Gasteiger charge is 2.08. The maximum atomic E-state index is 4.46. The van der Waals surface area contributed by atoms with Crippen LogP contribution in [0.25, 0.3) is 10.9 Å². The summed E-state index contributed by atoms with van der Waals surface area (Å²) in [5, 5.41) is 10.2. The minimum Gasteiger partial charge on any atom is -0.371 e. The lowest BCUT2D eigenvalue weighted by Crippen LogP contribution is -1.99. The fourth-order valence-electron chi connectivity index (χ4n) is 2.22. The van der Waals surface area contributed by atoms with Crippen molar-refractivity contribution >= 4 is 27.4 Å². The Morgan fingerprint density at radius 3 is 3.00 bits per heavy atom. The van der Waals surface area contributed by atoms with E-state index < -0.39 is 0 Å². The van der Waals surface area contributed by atoms with E-state index in [9.17, 15) is 0 Å². The summed E-state index contributed by atoms with van der Waals surface area (Å²) in [6, 6.07) is 8.20. The van der Waals surface area contributed by atoms with Crippen LogP contribution in [0.4, 0.5) is 5.00 Å². The molecule has 0 atom stereocenters. The number of aryl methyl sites for hydroxylation is 2. The Morgan fingerprint density at radius 2 is 2.16 bits per heavy atom. The fourth-order valence-corrected chi connectivity index (χ4v) is 2.98. The van der Waals surface area contributed by atoms with E-state index in [1.807, 2.05) is 29.9 Å². The normalized spacial score (nSPS) is 11.1. The number of nitrogens with zero attached hydrogens (tertiary/aromatic N) is 3. The van der Waals surface area contributed by atoms with Gasteiger partial charge in [0.05, 0.1) is 11.2 Å². The SMILES string of the molecule is CCc1nn(C)cc1CNc1snc2ccccc12. The summed E-state index contributed by atoms with van der Waals surface area (Å²) in [6.07, 6.45) is 3.04. The van der Waals surface area contributed by atoms with Crippen molar-refractivity contribution in [3.63, 3.8) is 0 Å². The van der Waals surface area contributed by atoms with Crippen molar-refractivity contribution in [3.8, 4) is 0 Å². The molecule has 0 saturated heterocycles. The second-order valence-corrected chi connectivity index (χ2v) is 5.28. The van der Waals surface area contributed by atoms with E-state index in [2.05, 4.69) is 34.0 Å². The zero-order chi connectivity index (χ0) is 13.2. The van der Waals surface area contributed by atoms with Crippen molar-refractivity contribution in [3.05, 3.63) is 41.7 Å². The molecule has 0 aliphatic carbocycles. The molecule has 4 nitrogen and oxygen atoms in total. The Bertz CT molecular complexity index is 698. The van der Waals surface area contributed by atoms with Crippen LogP contribution in [-0.2, 0) is 20.0 Å². The third-order valence-electron chi connectivity index (χ3n) is 3.15. The molecule has 0 fully saturated rings. The van der Waals surface area contributed by atoms with Crippen LogP contribution in [0.15, 0.2) is 30.5 Å². The van der Waals surface area contributed by atoms with Gasteiger partial charge in [-0.05, 0) is 30.1 Å². The van der Waals surface area contributed by atoms with Gasteiger partial charge >= 0.3 is 0 Å². The van der Waals surface area contributed by atoms with Gasteiger partial charge in [0.15, 0.2) is 0 Å². The molecule has 0 saturated carbocycles. The van der Waals surface area contributed by atoms with Gasteiger partial charge in [-0.25, -0.2) is 0 Å². The number of rotatable bonds is 4. The van der Waals surface area contributed by atoms with Crippen molar-refractivity contribution in [1.82, 2.24) is 14.2 Å². The van der Waals surface area contributed by atoms with Crippen LogP contribution < -0.4 is 5.32 Å². The molecule has 0 radical (unpaired) electrons. The molecule has 0 unspecified atom stereocenters. The number of hydrogen-bond acceptors (Lipinski definition) is 4. The second kappa shape index (κ2) is 5.01. The van der Waals surface area contributed by atoms with Gasteiger partial charge in [-0.15, -0.1) is 0 Å². The number of aromatic nitrogens is 3. The third-order valence-corrected chi connectivity index (χ3v) is 3.98. The van der Waals surface area contributed by atoms with Crippen LogP contribution in [0, 0.1) is 0 Å². The molecule has 3 rings (SSSR count). The predicted octanol–water partition coefficient (Wildman–Crippen LogP) is 3.20. The van der Waals surface area contributed by atoms with Crippen molar-refractivity contribution in [2.75, 3.05) is 5.32 Å². The van der Waals surface area contributed by atoms with Crippen LogP contribution in [0.3, 0.4) is 0 Å². The standard InChI is InChI=1S/C14H16N4S/c1-3-12-10(9-18(2)16-12)8-15-14-11-6-4-5-7-13(11)17-19-14/h4-7,9,15H,3,8H2,1-2H3. The average Bonchev–Trinajstić information content (AvgIpc) is 2.99. The van der Waals surface area contributed by atoms with Crippen LogP contribution >= 0.6 is 11.5 Å². The number of benzene rings is 1. The molecule has 1 aromatic carbocycles. The quantitative estimate of drug-likeness (QED) is 0.793. The van der Waals surface area contributed by atoms with E-state index in [1.165, 1.54) is 22.5 Å². The third kappa shape index (κ3) is 2.33. The molecule has 3 aromatic rings. The first-order valence-corrected chi connectivity index (χ1v) is 7.15. The topological polar surface area (TPSA) is 42.7 Å². The lowest BCUT2D eigenvalue weighted by molar-refractivity contribution is 0.746. The Kier molecular flexibility index (Phi) is 3.21. The van der Waals surface area contributed by atoms with Crippen LogP contribution in [-0.4, -0.2) is 14.2 Å². The lowest BCUT2D eigenvalue weighted by Gasteiger charge is -2.03. The molecule has 0 amide bonds. The zero-order valence-electron chi connectivity index (χ0n) is 11.1. The highest BCUT2D eigenvalue weighted by Crippen LogP contribution is 2.27. The smallest absolute Gasteiger partial charge is 0.117 e. The van der Waals surface area contributed by atoms with Gasteiger partial charge in [0.25, 0.3) is 0 Å². The molecule has 0 bridgehead atoms. The molecule has 1 N–H and O–H groups in total. The van der Waals surface area contributed by atoms with Gasteiger partial charge < -0.3 is 5.32 Å². The minimum atomic E-state index is 0.795. The van der Waals surface area contributed by atoms with Gasteiger partial charge in [0.2, 0.25) is 0 Å². The molecular weight excluding hydrogens is 256 g/mol. The van der Waals surface area contributed by atoms with E-state index in [-0.39, 0.29) is 0 Å². The lowest BCUT2D eigenvalue weighted by atomic mass is 10.2. The molecule has 2 heterocycles. The van der Waals surface area contributed by atoms with Crippen molar-refractivity contribution in [2.45, 2.75) is 19.9 Å². The summed E-state index contributed by atoms with van der Waals surface area (Å²) in [6.45, 7) is 2.93. The first-order chi connectivity index (χ1) is 9.28. The summed E-state index contributed by atoms with van der Waals surface area (Å²) in [4.78, 5) is 0. The minimum absolute atomic E-state index is 0.795. The van der Waals surface area contributed by atoms with E-state index in [0.29, 0.717) is 0 Å². The highest BCUT2D eigenvalue weighted by atomic mass is 32.1. The van der Waals surface area contributed by atoms with E-state index >= 15 is 0 Å². The molecule has 5 heteroatoms. The Labute approximate surface area is 116 Å². The monoisotopic (exact) mass is 272 g/mol. The predicted molar refractivity (Wildman–Crippen MR) is 79.5 cm³/mol. The number of fused-ring (bicyclic) bond motifs is 1. The Hall–Kier alpha value is -1.88. The molecule has 0 aliphatic rings. The average molecular weight is 272 g/mol.